The third-order valence-electron chi connectivity index (χ3n) is 4.65. The van der Waals surface area contributed by atoms with Gasteiger partial charge in [-0.05, 0) is 63.2 Å². The molecule has 0 radical (unpaired) electrons. The number of benzene rings is 2. The number of hydrogen-bond acceptors (Lipinski definition) is 5. The van der Waals surface area contributed by atoms with Crippen LogP contribution in [0.2, 0.25) is 5.02 Å². The standard InChI is InChI=1S/C26H28ClN3O3/c1-26(2,3)33-24(31)13-19-9-5-6-11-21(19)30-25(32)23-15-20(27)14-22(29-23)18-10-7-8-17(12-18)16-28-4/h5-12,14-15,28H,13,16H2,1-4H3,(H,30,32). The van der Waals surface area contributed by atoms with E-state index in [2.05, 4.69) is 15.6 Å². The molecule has 3 aromatic rings. The number of rotatable bonds is 7. The molecular weight excluding hydrogens is 438 g/mol. The van der Waals surface area contributed by atoms with Gasteiger partial charge in [0.2, 0.25) is 0 Å². The number of halogens is 1. The van der Waals surface area contributed by atoms with Gasteiger partial charge in [-0.2, -0.15) is 0 Å². The van der Waals surface area contributed by atoms with Gasteiger partial charge >= 0.3 is 5.97 Å². The van der Waals surface area contributed by atoms with Gasteiger partial charge in [0.25, 0.3) is 5.91 Å². The number of ether oxygens (including phenoxy) is 1. The van der Waals surface area contributed by atoms with E-state index in [1.165, 1.54) is 6.07 Å². The number of anilines is 1. The Kier molecular flexibility index (Phi) is 7.84. The molecule has 0 atom stereocenters. The van der Waals surface area contributed by atoms with Crippen LogP contribution in [0.3, 0.4) is 0 Å². The first kappa shape index (κ1) is 24.4. The summed E-state index contributed by atoms with van der Waals surface area (Å²) in [5.41, 5.74) is 3.34. The Labute approximate surface area is 199 Å². The number of carbonyl (C=O) groups excluding carboxylic acids is 2. The van der Waals surface area contributed by atoms with Gasteiger partial charge in [0, 0.05) is 22.8 Å². The highest BCUT2D eigenvalue weighted by Crippen LogP contribution is 2.24. The Morgan fingerprint density at radius 2 is 1.79 bits per heavy atom. The molecule has 0 saturated carbocycles. The van der Waals surface area contributed by atoms with Gasteiger partial charge < -0.3 is 15.4 Å². The van der Waals surface area contributed by atoms with E-state index in [9.17, 15) is 9.59 Å². The fourth-order valence-corrected chi connectivity index (χ4v) is 3.53. The van der Waals surface area contributed by atoms with Crippen LogP contribution in [0.5, 0.6) is 0 Å². The van der Waals surface area contributed by atoms with Crippen molar-refractivity contribution in [1.82, 2.24) is 10.3 Å². The Morgan fingerprint density at radius 3 is 2.52 bits per heavy atom. The SMILES string of the molecule is CNCc1cccc(-c2cc(Cl)cc(C(=O)Nc3ccccc3CC(=O)OC(C)(C)C)n2)c1. The second-order valence-electron chi connectivity index (χ2n) is 8.66. The fraction of sp³-hybridized carbons (Fsp3) is 0.269. The number of hydrogen-bond donors (Lipinski definition) is 2. The monoisotopic (exact) mass is 465 g/mol. The molecule has 1 heterocycles. The minimum Gasteiger partial charge on any atom is -0.460 e. The van der Waals surface area contributed by atoms with Crippen LogP contribution >= 0.6 is 11.6 Å². The molecule has 0 aliphatic heterocycles. The number of para-hydroxylation sites is 1. The third kappa shape index (κ3) is 7.14. The van der Waals surface area contributed by atoms with Crippen LogP contribution in [0.15, 0.2) is 60.7 Å². The van der Waals surface area contributed by atoms with E-state index < -0.39 is 11.5 Å². The fourth-order valence-electron chi connectivity index (χ4n) is 3.32. The topological polar surface area (TPSA) is 80.3 Å². The van der Waals surface area contributed by atoms with Crippen LogP contribution < -0.4 is 10.6 Å². The van der Waals surface area contributed by atoms with E-state index in [0.29, 0.717) is 22.0 Å². The summed E-state index contributed by atoms with van der Waals surface area (Å²) < 4.78 is 5.41. The molecule has 0 unspecified atom stereocenters. The zero-order chi connectivity index (χ0) is 24.0. The molecule has 0 spiro atoms. The second-order valence-corrected chi connectivity index (χ2v) is 9.10. The van der Waals surface area contributed by atoms with Crippen LogP contribution in [0.25, 0.3) is 11.3 Å². The highest BCUT2D eigenvalue weighted by Gasteiger charge is 2.19. The van der Waals surface area contributed by atoms with E-state index in [0.717, 1.165) is 17.7 Å². The Morgan fingerprint density at radius 1 is 1.03 bits per heavy atom. The van der Waals surface area contributed by atoms with Gasteiger partial charge in [-0.1, -0.05) is 48.0 Å². The molecule has 2 aromatic carbocycles. The van der Waals surface area contributed by atoms with Crippen molar-refractivity contribution >= 4 is 29.2 Å². The quantitative estimate of drug-likeness (QED) is 0.465. The molecule has 0 saturated heterocycles. The minimum absolute atomic E-state index is 0.0419. The van der Waals surface area contributed by atoms with Crippen molar-refractivity contribution in [1.29, 1.82) is 0 Å². The van der Waals surface area contributed by atoms with Crippen LogP contribution in [-0.4, -0.2) is 29.5 Å². The van der Waals surface area contributed by atoms with Gasteiger partial charge in [-0.3, -0.25) is 9.59 Å². The van der Waals surface area contributed by atoms with E-state index in [1.54, 1.807) is 24.3 Å². The Hall–Kier alpha value is -3.22. The lowest BCUT2D eigenvalue weighted by molar-refractivity contribution is -0.153. The summed E-state index contributed by atoms with van der Waals surface area (Å²) in [4.78, 5) is 29.8. The molecule has 1 aromatic heterocycles. The number of esters is 1. The summed E-state index contributed by atoms with van der Waals surface area (Å²) in [7, 11) is 1.88. The van der Waals surface area contributed by atoms with Gasteiger partial charge in [-0.25, -0.2) is 4.98 Å². The first-order valence-corrected chi connectivity index (χ1v) is 11.0. The van der Waals surface area contributed by atoms with E-state index in [4.69, 9.17) is 16.3 Å². The molecule has 3 rings (SSSR count). The van der Waals surface area contributed by atoms with Gasteiger partial charge in [-0.15, -0.1) is 0 Å². The average Bonchev–Trinajstić information content (AvgIpc) is 2.74. The van der Waals surface area contributed by atoms with Crippen molar-refractivity contribution in [3.05, 3.63) is 82.5 Å². The van der Waals surface area contributed by atoms with Crippen molar-refractivity contribution in [3.63, 3.8) is 0 Å². The van der Waals surface area contributed by atoms with Crippen LogP contribution in [0.1, 0.15) is 42.4 Å². The second kappa shape index (κ2) is 10.6. The molecule has 0 bridgehead atoms. The molecule has 0 aliphatic rings. The number of nitrogens with one attached hydrogen (secondary N) is 2. The lowest BCUT2D eigenvalue weighted by Gasteiger charge is -2.20. The van der Waals surface area contributed by atoms with Gasteiger partial charge in [0.15, 0.2) is 0 Å². The predicted octanol–water partition coefficient (Wildman–Crippen LogP) is 5.26. The first-order chi connectivity index (χ1) is 15.6. The smallest absolute Gasteiger partial charge is 0.310 e. The molecule has 2 N–H and O–H groups in total. The molecule has 33 heavy (non-hydrogen) atoms. The van der Waals surface area contributed by atoms with E-state index in [1.807, 2.05) is 58.2 Å². The summed E-state index contributed by atoms with van der Waals surface area (Å²) in [6.07, 6.45) is 0.0419. The zero-order valence-electron chi connectivity index (χ0n) is 19.2. The number of amides is 1. The van der Waals surface area contributed by atoms with Crippen LogP contribution in [0.4, 0.5) is 5.69 Å². The van der Waals surface area contributed by atoms with Crippen molar-refractivity contribution in [2.24, 2.45) is 0 Å². The maximum atomic E-state index is 13.0. The Balaban J connectivity index is 1.83. The zero-order valence-corrected chi connectivity index (χ0v) is 20.0. The molecule has 0 aliphatic carbocycles. The number of aromatic nitrogens is 1. The highest BCUT2D eigenvalue weighted by molar-refractivity contribution is 6.31. The molecule has 1 amide bonds. The van der Waals surface area contributed by atoms with Gasteiger partial charge in [0.1, 0.15) is 11.3 Å². The normalized spacial score (nSPS) is 11.2. The number of pyridine rings is 1. The van der Waals surface area contributed by atoms with Crippen LogP contribution in [-0.2, 0) is 22.5 Å². The van der Waals surface area contributed by atoms with Crippen molar-refractivity contribution in [3.8, 4) is 11.3 Å². The average molecular weight is 466 g/mol. The van der Waals surface area contributed by atoms with Crippen molar-refractivity contribution < 1.29 is 14.3 Å². The van der Waals surface area contributed by atoms with Crippen molar-refractivity contribution in [2.75, 3.05) is 12.4 Å². The number of nitrogens with zero attached hydrogens (tertiary/aromatic N) is 1. The first-order valence-electron chi connectivity index (χ1n) is 10.7. The lowest BCUT2D eigenvalue weighted by Crippen LogP contribution is -2.25. The molecule has 172 valence electrons. The summed E-state index contributed by atoms with van der Waals surface area (Å²) in [5.74, 6) is -0.782. The summed E-state index contributed by atoms with van der Waals surface area (Å²) in [6.45, 7) is 6.16. The summed E-state index contributed by atoms with van der Waals surface area (Å²) >= 11 is 6.32. The molecule has 7 heteroatoms. The molecule has 0 fully saturated rings. The maximum absolute atomic E-state index is 13.0. The highest BCUT2D eigenvalue weighted by atomic mass is 35.5. The molecular formula is C26H28ClN3O3. The lowest BCUT2D eigenvalue weighted by atomic mass is 10.1. The molecule has 6 nitrogen and oxygen atoms in total. The maximum Gasteiger partial charge on any atom is 0.310 e. The summed E-state index contributed by atoms with van der Waals surface area (Å²) in [5, 5.41) is 6.38. The number of carbonyl (C=O) groups is 2. The minimum atomic E-state index is -0.582. The van der Waals surface area contributed by atoms with Crippen LogP contribution in [0, 0.1) is 0 Å². The van der Waals surface area contributed by atoms with Gasteiger partial charge in [0.05, 0.1) is 12.1 Å². The third-order valence-corrected chi connectivity index (χ3v) is 4.86. The predicted molar refractivity (Wildman–Crippen MR) is 131 cm³/mol. The van der Waals surface area contributed by atoms with Crippen molar-refractivity contribution in [2.45, 2.75) is 39.3 Å². The van der Waals surface area contributed by atoms with E-state index in [-0.39, 0.29) is 18.1 Å². The Bertz CT molecular complexity index is 1160. The largest absolute Gasteiger partial charge is 0.460 e. The summed E-state index contributed by atoms with van der Waals surface area (Å²) in [6, 6.07) is 18.3. The van der Waals surface area contributed by atoms with E-state index >= 15 is 0 Å².